The number of likely N-dealkylation sites (N-methyl/N-ethyl adjacent to an activating group) is 1. The first-order valence-corrected chi connectivity index (χ1v) is 6.62. The minimum atomic E-state index is 1.03. The molecule has 4 heteroatoms. The van der Waals surface area contributed by atoms with E-state index in [0.717, 1.165) is 26.2 Å². The first-order chi connectivity index (χ1) is 8.33. The van der Waals surface area contributed by atoms with Gasteiger partial charge in [0.25, 0.3) is 0 Å². The van der Waals surface area contributed by atoms with Crippen molar-refractivity contribution in [3.63, 3.8) is 0 Å². The highest BCUT2D eigenvalue weighted by molar-refractivity contribution is 5.18. The number of hydrogen-bond acceptors (Lipinski definition) is 3. The van der Waals surface area contributed by atoms with E-state index >= 15 is 0 Å². The molecule has 4 nitrogen and oxygen atoms in total. The van der Waals surface area contributed by atoms with Gasteiger partial charge in [0.05, 0.1) is 0 Å². The van der Waals surface area contributed by atoms with Gasteiger partial charge >= 0.3 is 0 Å². The first-order valence-electron chi connectivity index (χ1n) is 6.62. The monoisotopic (exact) mass is 234 g/mol. The highest BCUT2D eigenvalue weighted by atomic mass is 15.3. The zero-order valence-corrected chi connectivity index (χ0v) is 10.7. The van der Waals surface area contributed by atoms with E-state index in [1.807, 2.05) is 0 Å². The number of piperazine rings is 1. The maximum Gasteiger partial charge on any atom is 0.0388 e. The molecule has 0 unspecified atom stereocenters. The summed E-state index contributed by atoms with van der Waals surface area (Å²) in [5.74, 6) is 0. The van der Waals surface area contributed by atoms with Crippen LogP contribution in [0.1, 0.15) is 11.4 Å². The fourth-order valence-corrected chi connectivity index (χ4v) is 2.78. The van der Waals surface area contributed by atoms with E-state index in [-0.39, 0.29) is 0 Å². The molecule has 1 aromatic rings. The van der Waals surface area contributed by atoms with Crippen LogP contribution in [-0.4, -0.2) is 54.1 Å². The summed E-state index contributed by atoms with van der Waals surface area (Å²) in [6.07, 6.45) is 0. The van der Waals surface area contributed by atoms with E-state index in [0.29, 0.717) is 0 Å². The van der Waals surface area contributed by atoms with Crippen molar-refractivity contribution in [2.45, 2.75) is 19.6 Å². The zero-order chi connectivity index (χ0) is 11.7. The normalized spacial score (nSPS) is 22.6. The van der Waals surface area contributed by atoms with Crippen LogP contribution < -0.4 is 5.32 Å². The topological polar surface area (TPSA) is 23.4 Å². The van der Waals surface area contributed by atoms with Crippen molar-refractivity contribution in [1.82, 2.24) is 19.7 Å². The number of nitrogens with zero attached hydrogens (tertiary/aromatic N) is 3. The summed E-state index contributed by atoms with van der Waals surface area (Å²) in [5, 5.41) is 3.42. The molecule has 0 aromatic carbocycles. The predicted molar refractivity (Wildman–Crippen MR) is 68.9 cm³/mol. The molecular weight excluding hydrogens is 212 g/mol. The minimum absolute atomic E-state index is 1.03. The third-order valence-corrected chi connectivity index (χ3v) is 3.96. The van der Waals surface area contributed by atoms with Gasteiger partial charge < -0.3 is 14.8 Å². The van der Waals surface area contributed by atoms with E-state index in [4.69, 9.17) is 0 Å². The molecule has 94 valence electrons. The quantitative estimate of drug-likeness (QED) is 0.798. The van der Waals surface area contributed by atoms with Crippen molar-refractivity contribution in [3.05, 3.63) is 23.5 Å². The van der Waals surface area contributed by atoms with Crippen LogP contribution in [0.5, 0.6) is 0 Å². The highest BCUT2D eigenvalue weighted by Gasteiger charge is 2.17. The molecule has 0 atom stereocenters. The Morgan fingerprint density at radius 3 is 2.76 bits per heavy atom. The Labute approximate surface area is 103 Å². The minimum Gasteiger partial charge on any atom is -0.345 e. The lowest BCUT2D eigenvalue weighted by Gasteiger charge is -2.32. The summed E-state index contributed by atoms with van der Waals surface area (Å²) < 4.78 is 2.49. The zero-order valence-electron chi connectivity index (χ0n) is 10.7. The van der Waals surface area contributed by atoms with Crippen LogP contribution in [0.3, 0.4) is 0 Å². The number of nitrogens with one attached hydrogen (secondary N) is 1. The van der Waals surface area contributed by atoms with E-state index < -0.39 is 0 Å². The summed E-state index contributed by atoms with van der Waals surface area (Å²) in [4.78, 5) is 4.98. The summed E-state index contributed by atoms with van der Waals surface area (Å²) in [5.41, 5.74) is 2.94. The van der Waals surface area contributed by atoms with Gasteiger partial charge in [0, 0.05) is 63.7 Å². The Morgan fingerprint density at radius 2 is 1.94 bits per heavy atom. The second-order valence-corrected chi connectivity index (χ2v) is 5.22. The maximum atomic E-state index is 3.42. The molecule has 3 heterocycles. The van der Waals surface area contributed by atoms with Crippen LogP contribution >= 0.6 is 0 Å². The highest BCUT2D eigenvalue weighted by Crippen LogP contribution is 2.15. The molecule has 1 aromatic heterocycles. The number of rotatable bonds is 2. The largest absolute Gasteiger partial charge is 0.345 e. The van der Waals surface area contributed by atoms with Crippen LogP contribution in [0.2, 0.25) is 0 Å². The Balaban J connectivity index is 1.66. The molecule has 0 spiro atoms. The van der Waals surface area contributed by atoms with Crippen LogP contribution in [0.25, 0.3) is 0 Å². The first kappa shape index (κ1) is 11.3. The maximum absolute atomic E-state index is 3.42. The van der Waals surface area contributed by atoms with Gasteiger partial charge in [-0.1, -0.05) is 0 Å². The molecule has 2 aliphatic rings. The summed E-state index contributed by atoms with van der Waals surface area (Å²) in [6.45, 7) is 9.20. The second-order valence-electron chi connectivity index (χ2n) is 5.22. The Bertz CT molecular complexity index is 377. The standard InChI is InChI=1S/C13H22N4/c1-15-6-8-16(9-7-15)11-13-3-2-12-10-14-4-5-17(12)13/h2-3,14H,4-11H2,1H3. The molecule has 0 bridgehead atoms. The number of fused-ring (bicyclic) bond motifs is 1. The van der Waals surface area contributed by atoms with Crippen LogP contribution in [0.15, 0.2) is 12.1 Å². The molecule has 1 fully saturated rings. The number of aromatic nitrogens is 1. The van der Waals surface area contributed by atoms with Gasteiger partial charge in [0.15, 0.2) is 0 Å². The molecule has 0 aliphatic carbocycles. The Morgan fingerprint density at radius 1 is 1.12 bits per heavy atom. The third-order valence-electron chi connectivity index (χ3n) is 3.96. The van der Waals surface area contributed by atoms with Crippen molar-refractivity contribution in [3.8, 4) is 0 Å². The average Bonchev–Trinajstić information content (AvgIpc) is 2.76. The van der Waals surface area contributed by atoms with Gasteiger partial charge in [-0.15, -0.1) is 0 Å². The lowest BCUT2D eigenvalue weighted by atomic mass is 10.3. The van der Waals surface area contributed by atoms with Crippen LogP contribution in [0.4, 0.5) is 0 Å². The summed E-state index contributed by atoms with van der Waals surface area (Å²) >= 11 is 0. The SMILES string of the molecule is CN1CCN(Cc2ccc3n2CCNC3)CC1. The van der Waals surface area contributed by atoms with Crippen molar-refractivity contribution in [1.29, 1.82) is 0 Å². The van der Waals surface area contributed by atoms with Gasteiger partial charge in [0.2, 0.25) is 0 Å². The fourth-order valence-electron chi connectivity index (χ4n) is 2.78. The molecule has 17 heavy (non-hydrogen) atoms. The van der Waals surface area contributed by atoms with E-state index in [1.54, 1.807) is 0 Å². The van der Waals surface area contributed by atoms with Gasteiger partial charge in [-0.05, 0) is 19.2 Å². The molecule has 3 rings (SSSR count). The van der Waals surface area contributed by atoms with Gasteiger partial charge in [-0.25, -0.2) is 0 Å². The van der Waals surface area contributed by atoms with Gasteiger partial charge in [0.1, 0.15) is 0 Å². The van der Waals surface area contributed by atoms with E-state index in [1.165, 1.54) is 37.6 Å². The average molecular weight is 234 g/mol. The summed E-state index contributed by atoms with van der Waals surface area (Å²) in [6, 6.07) is 4.58. The van der Waals surface area contributed by atoms with Crippen LogP contribution in [0, 0.1) is 0 Å². The Kier molecular flexibility index (Phi) is 3.18. The third kappa shape index (κ3) is 2.39. The van der Waals surface area contributed by atoms with E-state index in [2.05, 4.69) is 38.9 Å². The Hall–Kier alpha value is -0.840. The fraction of sp³-hybridized carbons (Fsp3) is 0.692. The molecule has 0 amide bonds. The lowest BCUT2D eigenvalue weighted by Crippen LogP contribution is -2.44. The molecular formula is C13H22N4. The predicted octanol–water partition coefficient (Wildman–Crippen LogP) is 0.339. The van der Waals surface area contributed by atoms with E-state index in [9.17, 15) is 0 Å². The van der Waals surface area contributed by atoms with Crippen molar-refractivity contribution >= 4 is 0 Å². The lowest BCUT2D eigenvalue weighted by molar-refractivity contribution is 0.145. The second kappa shape index (κ2) is 4.80. The molecule has 1 N–H and O–H groups in total. The van der Waals surface area contributed by atoms with Gasteiger partial charge in [-0.2, -0.15) is 0 Å². The molecule has 2 aliphatic heterocycles. The molecule has 0 saturated carbocycles. The smallest absolute Gasteiger partial charge is 0.0388 e. The summed E-state index contributed by atoms with van der Waals surface area (Å²) in [7, 11) is 2.21. The van der Waals surface area contributed by atoms with Crippen molar-refractivity contribution in [2.75, 3.05) is 39.8 Å². The number of hydrogen-bond donors (Lipinski definition) is 1. The van der Waals surface area contributed by atoms with Crippen LogP contribution in [-0.2, 0) is 19.6 Å². The van der Waals surface area contributed by atoms with Gasteiger partial charge in [-0.3, -0.25) is 4.90 Å². The molecule has 1 saturated heterocycles. The van der Waals surface area contributed by atoms with Crippen molar-refractivity contribution in [2.24, 2.45) is 0 Å². The van der Waals surface area contributed by atoms with Crippen molar-refractivity contribution < 1.29 is 0 Å². The molecule has 0 radical (unpaired) electrons.